The fourth-order valence-electron chi connectivity index (χ4n) is 4.34. The van der Waals surface area contributed by atoms with Crippen LogP contribution in [0.2, 0.25) is 0 Å². The number of benzene rings is 1. The smallest absolute Gasteiger partial charge is 0.227 e. The van der Waals surface area contributed by atoms with Crippen molar-refractivity contribution in [1.29, 1.82) is 0 Å². The summed E-state index contributed by atoms with van der Waals surface area (Å²) in [4.78, 5) is 40.6. The largest absolute Gasteiger partial charge is 0.339 e. The van der Waals surface area contributed by atoms with E-state index in [9.17, 15) is 14.4 Å². The summed E-state index contributed by atoms with van der Waals surface area (Å²) >= 11 is 0. The van der Waals surface area contributed by atoms with Crippen molar-refractivity contribution in [2.45, 2.75) is 46.5 Å². The molecule has 1 N–H and O–H groups in total. The van der Waals surface area contributed by atoms with E-state index >= 15 is 0 Å². The Morgan fingerprint density at radius 3 is 1.89 bits per heavy atom. The van der Waals surface area contributed by atoms with Gasteiger partial charge in [-0.05, 0) is 50.7 Å². The molecule has 0 radical (unpaired) electrons. The van der Waals surface area contributed by atoms with Crippen molar-refractivity contribution in [3.8, 4) is 0 Å². The van der Waals surface area contributed by atoms with Crippen molar-refractivity contribution in [3.05, 3.63) is 29.3 Å². The Morgan fingerprint density at radius 1 is 0.857 bits per heavy atom. The summed E-state index contributed by atoms with van der Waals surface area (Å²) in [6, 6.07) is 6.00. The molecular formula is C22H31N3O3. The summed E-state index contributed by atoms with van der Waals surface area (Å²) in [7, 11) is 0. The van der Waals surface area contributed by atoms with Gasteiger partial charge in [-0.15, -0.1) is 0 Å². The second-order valence-corrected chi connectivity index (χ2v) is 8.14. The molecule has 0 atom stereocenters. The minimum atomic E-state index is -0.0300. The monoisotopic (exact) mass is 385 g/mol. The highest BCUT2D eigenvalue weighted by atomic mass is 16.2. The van der Waals surface area contributed by atoms with Crippen LogP contribution in [0, 0.1) is 25.7 Å². The predicted octanol–water partition coefficient (Wildman–Crippen LogP) is 2.74. The molecular weight excluding hydrogens is 354 g/mol. The Bertz CT molecular complexity index is 725. The number of carbonyl (C=O) groups excluding carboxylic acids is 3. The average molecular weight is 386 g/mol. The maximum atomic E-state index is 12.8. The number of anilines is 1. The number of aryl methyl sites for hydroxylation is 2. The Morgan fingerprint density at radius 2 is 1.36 bits per heavy atom. The number of hydrogen-bond donors (Lipinski definition) is 1. The van der Waals surface area contributed by atoms with Crippen LogP contribution in [0.5, 0.6) is 0 Å². The fourth-order valence-corrected chi connectivity index (χ4v) is 4.34. The van der Waals surface area contributed by atoms with Crippen LogP contribution in [0.15, 0.2) is 18.2 Å². The topological polar surface area (TPSA) is 69.7 Å². The number of piperazine rings is 1. The number of para-hydroxylation sites is 1. The molecule has 1 heterocycles. The summed E-state index contributed by atoms with van der Waals surface area (Å²) in [5, 5.41) is 3.10. The van der Waals surface area contributed by atoms with Gasteiger partial charge in [-0.25, -0.2) is 0 Å². The van der Waals surface area contributed by atoms with Crippen LogP contribution in [-0.2, 0) is 14.4 Å². The molecule has 152 valence electrons. The summed E-state index contributed by atoms with van der Waals surface area (Å²) in [5.41, 5.74) is 3.05. The summed E-state index contributed by atoms with van der Waals surface area (Å²) < 4.78 is 0. The molecule has 1 aromatic rings. The van der Waals surface area contributed by atoms with E-state index < -0.39 is 0 Å². The Labute approximate surface area is 167 Å². The summed E-state index contributed by atoms with van der Waals surface area (Å²) in [6.07, 6.45) is 3.02. The molecule has 1 saturated heterocycles. The number of hydrogen-bond acceptors (Lipinski definition) is 3. The lowest BCUT2D eigenvalue weighted by molar-refractivity contribution is -0.142. The molecule has 28 heavy (non-hydrogen) atoms. The fraction of sp³-hybridized carbons (Fsp3) is 0.591. The summed E-state index contributed by atoms with van der Waals surface area (Å²) in [6.45, 7) is 8.05. The van der Waals surface area contributed by atoms with Crippen molar-refractivity contribution in [3.63, 3.8) is 0 Å². The molecule has 3 rings (SSSR count). The zero-order valence-corrected chi connectivity index (χ0v) is 17.2. The normalized spacial score (nSPS) is 22.7. The van der Waals surface area contributed by atoms with Gasteiger partial charge in [-0.2, -0.15) is 0 Å². The first-order valence-corrected chi connectivity index (χ1v) is 10.3. The third kappa shape index (κ3) is 4.54. The van der Waals surface area contributed by atoms with E-state index in [0.29, 0.717) is 26.2 Å². The van der Waals surface area contributed by atoms with Crippen LogP contribution in [0.25, 0.3) is 0 Å². The van der Waals surface area contributed by atoms with Crippen molar-refractivity contribution in [1.82, 2.24) is 9.80 Å². The number of amides is 3. The number of nitrogens with zero attached hydrogens (tertiary/aromatic N) is 2. The quantitative estimate of drug-likeness (QED) is 0.870. The van der Waals surface area contributed by atoms with E-state index in [1.54, 1.807) is 11.8 Å². The van der Waals surface area contributed by atoms with Gasteiger partial charge < -0.3 is 15.1 Å². The number of carbonyl (C=O) groups is 3. The third-order valence-corrected chi connectivity index (χ3v) is 6.21. The lowest BCUT2D eigenvalue weighted by Gasteiger charge is -2.37. The second kappa shape index (κ2) is 8.76. The van der Waals surface area contributed by atoms with Crippen molar-refractivity contribution in [2.75, 3.05) is 31.5 Å². The Kier molecular flexibility index (Phi) is 6.37. The zero-order chi connectivity index (χ0) is 20.3. The van der Waals surface area contributed by atoms with Crippen molar-refractivity contribution >= 4 is 23.4 Å². The first kappa shape index (κ1) is 20.4. The standard InChI is InChI=1S/C22H31N3O3/c1-15-5-4-6-16(2)20(15)23-21(27)18-7-9-19(10-8-18)22(28)25-13-11-24(12-14-25)17(3)26/h4-6,18-19H,7-14H2,1-3H3,(H,23,27). The van der Waals surface area contributed by atoms with Crippen LogP contribution in [0.4, 0.5) is 5.69 Å². The Hall–Kier alpha value is -2.37. The molecule has 0 bridgehead atoms. The summed E-state index contributed by atoms with van der Waals surface area (Å²) in [5.74, 6) is 0.309. The minimum absolute atomic E-state index is 0.00752. The maximum Gasteiger partial charge on any atom is 0.227 e. The van der Waals surface area contributed by atoms with E-state index in [1.807, 2.05) is 36.9 Å². The van der Waals surface area contributed by atoms with Gasteiger partial charge in [0, 0.05) is 50.6 Å². The first-order chi connectivity index (χ1) is 13.4. The van der Waals surface area contributed by atoms with Gasteiger partial charge in [0.1, 0.15) is 0 Å². The van der Waals surface area contributed by atoms with Gasteiger partial charge in [0.2, 0.25) is 17.7 Å². The van der Waals surface area contributed by atoms with Crippen LogP contribution in [0.3, 0.4) is 0 Å². The molecule has 2 aliphatic rings. The highest BCUT2D eigenvalue weighted by Crippen LogP contribution is 2.32. The van der Waals surface area contributed by atoms with E-state index in [2.05, 4.69) is 5.32 Å². The average Bonchev–Trinajstić information content (AvgIpc) is 2.70. The van der Waals surface area contributed by atoms with E-state index in [4.69, 9.17) is 0 Å². The predicted molar refractivity (Wildman–Crippen MR) is 109 cm³/mol. The van der Waals surface area contributed by atoms with Crippen LogP contribution in [0.1, 0.15) is 43.7 Å². The van der Waals surface area contributed by atoms with Crippen LogP contribution >= 0.6 is 0 Å². The van der Waals surface area contributed by atoms with Crippen LogP contribution < -0.4 is 5.32 Å². The highest BCUT2D eigenvalue weighted by Gasteiger charge is 2.33. The molecule has 0 spiro atoms. The third-order valence-electron chi connectivity index (χ3n) is 6.21. The molecule has 1 saturated carbocycles. The molecule has 6 heteroatoms. The van der Waals surface area contributed by atoms with Gasteiger partial charge in [0.25, 0.3) is 0 Å². The number of rotatable bonds is 3. The van der Waals surface area contributed by atoms with Crippen molar-refractivity contribution < 1.29 is 14.4 Å². The molecule has 1 aromatic carbocycles. The first-order valence-electron chi connectivity index (χ1n) is 10.3. The lowest BCUT2D eigenvalue weighted by atomic mass is 9.80. The highest BCUT2D eigenvalue weighted by molar-refractivity contribution is 5.94. The molecule has 1 aliphatic carbocycles. The Balaban J connectivity index is 1.49. The lowest BCUT2D eigenvalue weighted by Crippen LogP contribution is -2.51. The number of nitrogens with one attached hydrogen (secondary N) is 1. The van der Waals surface area contributed by atoms with E-state index in [-0.39, 0.29) is 29.6 Å². The van der Waals surface area contributed by atoms with Crippen LogP contribution in [-0.4, -0.2) is 53.7 Å². The molecule has 1 aliphatic heterocycles. The molecule has 3 amide bonds. The second-order valence-electron chi connectivity index (χ2n) is 8.14. The van der Waals surface area contributed by atoms with Gasteiger partial charge in [0.15, 0.2) is 0 Å². The van der Waals surface area contributed by atoms with Gasteiger partial charge >= 0.3 is 0 Å². The van der Waals surface area contributed by atoms with E-state index in [0.717, 1.165) is 42.5 Å². The maximum absolute atomic E-state index is 12.8. The minimum Gasteiger partial charge on any atom is -0.339 e. The van der Waals surface area contributed by atoms with Gasteiger partial charge in [-0.1, -0.05) is 18.2 Å². The van der Waals surface area contributed by atoms with Gasteiger partial charge in [0.05, 0.1) is 0 Å². The molecule has 0 unspecified atom stereocenters. The SMILES string of the molecule is CC(=O)N1CCN(C(=O)C2CCC(C(=O)Nc3c(C)cccc3C)CC2)CC1. The molecule has 6 nitrogen and oxygen atoms in total. The van der Waals surface area contributed by atoms with E-state index in [1.165, 1.54) is 0 Å². The molecule has 2 fully saturated rings. The van der Waals surface area contributed by atoms with Gasteiger partial charge in [-0.3, -0.25) is 14.4 Å². The zero-order valence-electron chi connectivity index (χ0n) is 17.2. The molecule has 0 aromatic heterocycles. The van der Waals surface area contributed by atoms with Crippen molar-refractivity contribution in [2.24, 2.45) is 11.8 Å².